The summed E-state index contributed by atoms with van der Waals surface area (Å²) in [6.45, 7) is 1.97. The second-order valence-corrected chi connectivity index (χ2v) is 7.92. The standard InChI is InChI=1S/C18H17NO2S/c1-12-11-17-16-8-7-13-5-3-4-6-14(13)15(16)9-10-18(17)19(12)22(2,20)21/h3-10,12H,11H2,1-2H3. The molecule has 0 saturated heterocycles. The van der Waals surface area contributed by atoms with E-state index < -0.39 is 10.0 Å². The molecule has 0 saturated carbocycles. The van der Waals surface area contributed by atoms with Crippen LogP contribution in [0.25, 0.3) is 21.5 Å². The zero-order chi connectivity index (χ0) is 15.5. The molecule has 22 heavy (non-hydrogen) atoms. The van der Waals surface area contributed by atoms with E-state index in [0.29, 0.717) is 0 Å². The van der Waals surface area contributed by atoms with Gasteiger partial charge in [-0.05, 0) is 46.5 Å². The van der Waals surface area contributed by atoms with Crippen molar-refractivity contribution in [1.82, 2.24) is 0 Å². The average Bonchev–Trinajstić information content (AvgIpc) is 2.83. The number of rotatable bonds is 1. The van der Waals surface area contributed by atoms with Gasteiger partial charge in [-0.3, -0.25) is 4.31 Å². The summed E-state index contributed by atoms with van der Waals surface area (Å²) in [6, 6.07) is 16.5. The van der Waals surface area contributed by atoms with E-state index in [0.717, 1.165) is 23.1 Å². The molecule has 0 bridgehead atoms. The van der Waals surface area contributed by atoms with E-state index in [2.05, 4.69) is 24.3 Å². The number of anilines is 1. The first kappa shape index (κ1) is 13.6. The Morgan fingerprint density at radius 3 is 2.45 bits per heavy atom. The molecule has 0 fully saturated rings. The summed E-state index contributed by atoms with van der Waals surface area (Å²) in [5.41, 5.74) is 1.97. The van der Waals surface area contributed by atoms with Crippen LogP contribution in [0.3, 0.4) is 0 Å². The summed E-state index contributed by atoms with van der Waals surface area (Å²) < 4.78 is 25.7. The molecule has 0 amide bonds. The first-order valence-corrected chi connectivity index (χ1v) is 9.24. The molecule has 0 spiro atoms. The predicted octanol–water partition coefficient (Wildman–Crippen LogP) is 3.70. The molecule has 1 aliphatic heterocycles. The number of nitrogens with zero attached hydrogens (tertiary/aromatic N) is 1. The quantitative estimate of drug-likeness (QED) is 0.643. The van der Waals surface area contributed by atoms with Crippen molar-refractivity contribution in [3.63, 3.8) is 0 Å². The van der Waals surface area contributed by atoms with Crippen LogP contribution in [0.5, 0.6) is 0 Å². The van der Waals surface area contributed by atoms with Crippen molar-refractivity contribution >= 4 is 37.3 Å². The van der Waals surface area contributed by atoms with Gasteiger partial charge in [0.2, 0.25) is 10.0 Å². The van der Waals surface area contributed by atoms with E-state index in [1.807, 2.05) is 31.2 Å². The smallest absolute Gasteiger partial charge is 0.232 e. The molecule has 1 atom stereocenters. The van der Waals surface area contributed by atoms with E-state index in [-0.39, 0.29) is 6.04 Å². The van der Waals surface area contributed by atoms with Crippen LogP contribution in [0.1, 0.15) is 12.5 Å². The first-order valence-electron chi connectivity index (χ1n) is 7.39. The van der Waals surface area contributed by atoms with Crippen LogP contribution in [0, 0.1) is 0 Å². The molecule has 0 N–H and O–H groups in total. The Hall–Kier alpha value is -2.07. The van der Waals surface area contributed by atoms with E-state index in [4.69, 9.17) is 0 Å². The second kappa shape index (κ2) is 4.46. The van der Waals surface area contributed by atoms with Gasteiger partial charge in [0.1, 0.15) is 0 Å². The molecule has 0 radical (unpaired) electrons. The van der Waals surface area contributed by atoms with Gasteiger partial charge in [-0.2, -0.15) is 0 Å². The Balaban J connectivity index is 2.07. The third kappa shape index (κ3) is 1.83. The van der Waals surface area contributed by atoms with E-state index in [1.165, 1.54) is 22.4 Å². The molecular weight excluding hydrogens is 294 g/mol. The Labute approximate surface area is 130 Å². The third-order valence-corrected chi connectivity index (χ3v) is 5.78. The zero-order valence-corrected chi connectivity index (χ0v) is 13.4. The molecule has 4 heteroatoms. The van der Waals surface area contributed by atoms with Crippen molar-refractivity contribution in [3.8, 4) is 0 Å². The summed E-state index contributed by atoms with van der Waals surface area (Å²) in [6.07, 6.45) is 2.04. The molecule has 3 aromatic carbocycles. The highest BCUT2D eigenvalue weighted by Gasteiger charge is 2.33. The fraction of sp³-hybridized carbons (Fsp3) is 0.222. The summed E-state index contributed by atoms with van der Waals surface area (Å²) in [5.74, 6) is 0. The highest BCUT2D eigenvalue weighted by Crippen LogP contribution is 2.40. The lowest BCUT2D eigenvalue weighted by atomic mass is 9.96. The van der Waals surface area contributed by atoms with Crippen LogP contribution in [-0.2, 0) is 16.4 Å². The average molecular weight is 311 g/mol. The molecular formula is C18H17NO2S. The van der Waals surface area contributed by atoms with E-state index in [9.17, 15) is 8.42 Å². The fourth-order valence-electron chi connectivity index (χ4n) is 3.68. The van der Waals surface area contributed by atoms with Crippen molar-refractivity contribution in [2.24, 2.45) is 0 Å². The van der Waals surface area contributed by atoms with Crippen LogP contribution < -0.4 is 4.31 Å². The van der Waals surface area contributed by atoms with Crippen molar-refractivity contribution < 1.29 is 8.42 Å². The van der Waals surface area contributed by atoms with Crippen LogP contribution in [0.4, 0.5) is 5.69 Å². The number of hydrogen-bond donors (Lipinski definition) is 0. The fourth-order valence-corrected chi connectivity index (χ4v) is 4.94. The van der Waals surface area contributed by atoms with Gasteiger partial charge in [0.15, 0.2) is 0 Å². The van der Waals surface area contributed by atoms with Crippen LogP contribution >= 0.6 is 0 Å². The summed E-state index contributed by atoms with van der Waals surface area (Å²) in [7, 11) is -3.24. The van der Waals surface area contributed by atoms with Gasteiger partial charge in [0.25, 0.3) is 0 Å². The maximum Gasteiger partial charge on any atom is 0.232 e. The number of sulfonamides is 1. The van der Waals surface area contributed by atoms with Crippen LogP contribution in [0.2, 0.25) is 0 Å². The summed E-state index contributed by atoms with van der Waals surface area (Å²) in [4.78, 5) is 0. The van der Waals surface area contributed by atoms with Gasteiger partial charge < -0.3 is 0 Å². The predicted molar refractivity (Wildman–Crippen MR) is 91.9 cm³/mol. The lowest BCUT2D eigenvalue weighted by Crippen LogP contribution is -2.34. The lowest BCUT2D eigenvalue weighted by molar-refractivity contribution is 0.590. The minimum atomic E-state index is -3.24. The minimum absolute atomic E-state index is 0.0259. The maximum absolute atomic E-state index is 12.1. The van der Waals surface area contributed by atoms with Crippen LogP contribution in [0.15, 0.2) is 48.5 Å². The minimum Gasteiger partial charge on any atom is -0.267 e. The molecule has 1 unspecified atom stereocenters. The van der Waals surface area contributed by atoms with Gasteiger partial charge in [-0.15, -0.1) is 0 Å². The molecule has 0 aromatic heterocycles. The highest BCUT2D eigenvalue weighted by molar-refractivity contribution is 7.92. The van der Waals surface area contributed by atoms with E-state index in [1.54, 1.807) is 4.31 Å². The summed E-state index contributed by atoms with van der Waals surface area (Å²) in [5, 5.41) is 4.78. The van der Waals surface area contributed by atoms with Gasteiger partial charge in [-0.1, -0.05) is 42.5 Å². The molecule has 0 aliphatic carbocycles. The Bertz CT molecular complexity index is 1010. The highest BCUT2D eigenvalue weighted by atomic mass is 32.2. The topological polar surface area (TPSA) is 37.4 Å². The van der Waals surface area contributed by atoms with Gasteiger partial charge in [-0.25, -0.2) is 8.42 Å². The molecule has 3 aromatic rings. The Kier molecular flexibility index (Phi) is 2.76. The van der Waals surface area contributed by atoms with Gasteiger partial charge in [0, 0.05) is 6.04 Å². The first-order chi connectivity index (χ1) is 10.5. The van der Waals surface area contributed by atoms with Crippen molar-refractivity contribution in [1.29, 1.82) is 0 Å². The maximum atomic E-state index is 12.1. The number of fused-ring (bicyclic) bond motifs is 5. The second-order valence-electron chi connectivity index (χ2n) is 6.06. The Morgan fingerprint density at radius 2 is 1.68 bits per heavy atom. The van der Waals surface area contributed by atoms with Crippen molar-refractivity contribution in [3.05, 3.63) is 54.1 Å². The molecule has 1 aliphatic rings. The zero-order valence-electron chi connectivity index (χ0n) is 12.6. The van der Waals surface area contributed by atoms with Gasteiger partial charge >= 0.3 is 0 Å². The Morgan fingerprint density at radius 1 is 0.955 bits per heavy atom. The van der Waals surface area contributed by atoms with Crippen LogP contribution in [-0.4, -0.2) is 20.7 Å². The van der Waals surface area contributed by atoms with Crippen molar-refractivity contribution in [2.45, 2.75) is 19.4 Å². The number of benzene rings is 3. The van der Waals surface area contributed by atoms with Crippen molar-refractivity contribution in [2.75, 3.05) is 10.6 Å². The molecule has 112 valence electrons. The molecule has 1 heterocycles. The monoisotopic (exact) mass is 311 g/mol. The normalized spacial score (nSPS) is 18.1. The molecule has 4 rings (SSSR count). The SMILES string of the molecule is CC1Cc2c(ccc3c2ccc2ccccc23)N1S(C)(=O)=O. The lowest BCUT2D eigenvalue weighted by Gasteiger charge is -2.22. The largest absolute Gasteiger partial charge is 0.267 e. The summed E-state index contributed by atoms with van der Waals surface area (Å²) >= 11 is 0. The number of hydrogen-bond acceptors (Lipinski definition) is 2. The third-order valence-electron chi connectivity index (χ3n) is 4.51. The van der Waals surface area contributed by atoms with E-state index >= 15 is 0 Å². The molecule has 3 nitrogen and oxygen atoms in total. The van der Waals surface area contributed by atoms with Gasteiger partial charge in [0.05, 0.1) is 11.9 Å².